The third-order valence-corrected chi connectivity index (χ3v) is 18.0. The molecule has 0 bridgehead atoms. The van der Waals surface area contributed by atoms with Gasteiger partial charge in [0.2, 0.25) is 0 Å². The Balaban J connectivity index is 4.60. The predicted octanol–water partition coefficient (Wildman–Crippen LogP) is 19.8. The van der Waals surface area contributed by atoms with Gasteiger partial charge < -0.3 is 28.9 Å². The van der Waals surface area contributed by atoms with Gasteiger partial charge in [-0.25, -0.2) is 14.4 Å². The van der Waals surface area contributed by atoms with Crippen molar-refractivity contribution in [1.29, 1.82) is 0 Å². The lowest BCUT2D eigenvalue weighted by Crippen LogP contribution is -2.25. The molecule has 434 valence electrons. The van der Waals surface area contributed by atoms with E-state index in [4.69, 9.17) is 13.6 Å². The molecule has 0 aliphatic carbocycles. The molecule has 0 aromatic rings. The lowest BCUT2D eigenvalue weighted by atomic mass is 10.0. The quantitative estimate of drug-likeness (QED) is 0.0303. The van der Waals surface area contributed by atoms with Gasteiger partial charge in [-0.15, -0.1) is 35.3 Å². The lowest BCUT2D eigenvalue weighted by Gasteiger charge is -2.19. The molecule has 0 saturated heterocycles. The second kappa shape index (κ2) is 59.4. The predicted molar refractivity (Wildman–Crippen MR) is 319 cm³/mol. The summed E-state index contributed by atoms with van der Waals surface area (Å²) in [5.74, 6) is -1.68. The molecule has 3 unspecified atom stereocenters. The van der Waals surface area contributed by atoms with Crippen molar-refractivity contribution in [2.24, 2.45) is 0 Å². The summed E-state index contributed by atoms with van der Waals surface area (Å²) in [5.41, 5.74) is -4.70. The smallest absolute Gasteiger partial charge is 0.372 e. The molecule has 0 aliphatic heterocycles. The Morgan fingerprint density at radius 1 is 0.274 bits per heavy atom. The van der Waals surface area contributed by atoms with Gasteiger partial charge in [0.25, 0.3) is 0 Å². The van der Waals surface area contributed by atoms with Crippen LogP contribution in [-0.4, -0.2) is 66.8 Å². The topological polar surface area (TPSA) is 140 Å². The number of carbonyl (C=O) groups is 3. The molecule has 0 aliphatic rings. The van der Waals surface area contributed by atoms with Gasteiger partial charge in [-0.05, 0) is 36.5 Å². The summed E-state index contributed by atoms with van der Waals surface area (Å²) >= 11 is 3.07. The lowest BCUT2D eigenvalue weighted by molar-refractivity contribution is -0.148. The zero-order chi connectivity index (χ0) is 53.3. The Hall–Kier alpha value is -0.230. The van der Waals surface area contributed by atoms with Crippen LogP contribution in [0.15, 0.2) is 0 Å². The van der Waals surface area contributed by atoms with E-state index in [0.717, 1.165) is 93.1 Å². The van der Waals surface area contributed by atoms with E-state index in [1.165, 1.54) is 250 Å². The molecule has 0 fully saturated rings. The maximum atomic E-state index is 13.0. The van der Waals surface area contributed by atoms with E-state index in [1.54, 1.807) is 0 Å². The van der Waals surface area contributed by atoms with Crippen LogP contribution in [0.4, 0.5) is 0 Å². The van der Waals surface area contributed by atoms with Crippen LogP contribution in [0, 0.1) is 0 Å². The highest BCUT2D eigenvalue weighted by Crippen LogP contribution is 2.43. The molecule has 3 atom stereocenters. The Labute approximate surface area is 465 Å². The average Bonchev–Trinajstić information content (AvgIpc) is 3.38. The van der Waals surface area contributed by atoms with E-state index < -0.39 is 42.8 Å². The van der Waals surface area contributed by atoms with Gasteiger partial charge in [0.15, 0.2) is 16.3 Å². The average molecular weight is 1110 g/mol. The maximum absolute atomic E-state index is 13.0. The summed E-state index contributed by atoms with van der Waals surface area (Å²) in [6, 6.07) is 0. The van der Waals surface area contributed by atoms with Crippen LogP contribution >= 0.6 is 43.9 Å². The molecule has 0 aromatic heterocycles. The second-order valence-electron chi connectivity index (χ2n) is 21.0. The van der Waals surface area contributed by atoms with Crippen molar-refractivity contribution in [2.75, 3.05) is 17.3 Å². The van der Waals surface area contributed by atoms with Gasteiger partial charge in [0.1, 0.15) is 0 Å². The fourth-order valence-electron chi connectivity index (χ4n) is 9.15. The minimum Gasteiger partial charge on any atom is -0.372 e. The largest absolute Gasteiger partial charge is 0.537 e. The zero-order valence-electron chi connectivity index (χ0n) is 47.8. The van der Waals surface area contributed by atoms with Crippen molar-refractivity contribution in [3.8, 4) is 0 Å². The number of hydrogen-bond donors (Lipinski definition) is 3. The highest BCUT2D eigenvalue weighted by Gasteiger charge is 2.35. The molecule has 9 nitrogen and oxygen atoms in total. The van der Waals surface area contributed by atoms with E-state index in [-0.39, 0.29) is 0 Å². The van der Waals surface area contributed by atoms with Crippen LogP contribution in [0.25, 0.3) is 0 Å². The van der Waals surface area contributed by atoms with E-state index in [1.807, 2.05) is 0 Å². The molecule has 0 saturated carbocycles. The van der Waals surface area contributed by atoms with Crippen molar-refractivity contribution in [3.05, 3.63) is 0 Å². The number of hydrogen-bond acceptors (Lipinski definition) is 12. The molecule has 3 N–H and O–H groups in total. The van der Waals surface area contributed by atoms with E-state index >= 15 is 0 Å². The highest BCUT2D eigenvalue weighted by atomic mass is 32.2. The third-order valence-electron chi connectivity index (χ3n) is 13.9. The van der Waals surface area contributed by atoms with Gasteiger partial charge >= 0.3 is 26.5 Å². The Kier molecular flexibility index (Phi) is 59.2. The number of thioether (sulfide) groups is 3. The molecule has 0 spiro atoms. The fourth-order valence-corrected chi connectivity index (χ4v) is 12.6. The van der Waals surface area contributed by atoms with Crippen LogP contribution in [-0.2, 0) is 28.0 Å². The maximum Gasteiger partial charge on any atom is 0.537 e. The van der Waals surface area contributed by atoms with Crippen LogP contribution in [0.3, 0.4) is 0 Å². The first-order chi connectivity index (χ1) is 35.8. The SMILES string of the molecule is CCCCCCCCCCCCCCCCCCSC(O)C(=O)OP(OC(=O)C(O)SCCCCCCCCCCCCCCCCCC)OC(=O)C(O)SCCCCCCCCCCCCCCCCCC. The molecule has 0 amide bonds. The van der Waals surface area contributed by atoms with Crippen LogP contribution in [0.2, 0.25) is 0 Å². The molecule has 0 heterocycles. The van der Waals surface area contributed by atoms with Crippen LogP contribution in [0.1, 0.15) is 329 Å². The number of aliphatic hydroxyl groups excluding tert-OH is 3. The van der Waals surface area contributed by atoms with Crippen molar-refractivity contribution >= 4 is 61.8 Å². The summed E-state index contributed by atoms with van der Waals surface area (Å²) in [5, 5.41) is 31.9. The molecular weight excluding hydrogens is 992 g/mol. The minimum absolute atomic E-state index is 0.537. The van der Waals surface area contributed by atoms with Gasteiger partial charge in [0, 0.05) is 0 Å². The number of aliphatic hydroxyl groups is 3. The van der Waals surface area contributed by atoms with Crippen molar-refractivity contribution in [1.82, 2.24) is 0 Å². The van der Waals surface area contributed by atoms with E-state index in [9.17, 15) is 29.7 Å². The van der Waals surface area contributed by atoms with Gasteiger partial charge in [0.05, 0.1) is 0 Å². The summed E-state index contributed by atoms with van der Waals surface area (Å²) in [7, 11) is -2.97. The van der Waals surface area contributed by atoms with Gasteiger partial charge in [-0.1, -0.05) is 310 Å². The molecule has 0 rings (SSSR count). The summed E-state index contributed by atoms with van der Waals surface area (Å²) in [4.78, 5) is 38.9. The number of rotatable bonds is 60. The second-order valence-corrected chi connectivity index (χ2v) is 25.6. The Morgan fingerprint density at radius 3 is 0.562 bits per heavy atom. The molecule has 13 heteroatoms. The van der Waals surface area contributed by atoms with Crippen molar-refractivity contribution < 1.29 is 43.3 Å². The highest BCUT2D eigenvalue weighted by molar-refractivity contribution is 8.00. The first-order valence-electron chi connectivity index (χ1n) is 31.1. The molecule has 0 aromatic carbocycles. The van der Waals surface area contributed by atoms with Gasteiger partial charge in [-0.2, -0.15) is 0 Å². The van der Waals surface area contributed by atoms with Gasteiger partial charge in [-0.3, -0.25) is 0 Å². The van der Waals surface area contributed by atoms with E-state index in [0.29, 0.717) is 17.3 Å². The first-order valence-corrected chi connectivity index (χ1v) is 35.3. The number of unbranched alkanes of at least 4 members (excludes halogenated alkanes) is 45. The van der Waals surface area contributed by atoms with E-state index in [2.05, 4.69) is 20.8 Å². The minimum atomic E-state index is -2.97. The van der Waals surface area contributed by atoms with Crippen molar-refractivity contribution in [3.63, 3.8) is 0 Å². The first kappa shape index (κ1) is 72.8. The monoisotopic (exact) mass is 1110 g/mol. The van der Waals surface area contributed by atoms with Crippen molar-refractivity contribution in [2.45, 2.75) is 345 Å². The summed E-state index contributed by atoms with van der Waals surface area (Å²) < 4.78 is 15.7. The Morgan fingerprint density at radius 2 is 0.411 bits per heavy atom. The summed E-state index contributed by atoms with van der Waals surface area (Å²) in [6.07, 6.45) is 60.6. The molecular formula is C60H117O9PS3. The van der Waals surface area contributed by atoms with Crippen LogP contribution < -0.4 is 0 Å². The van der Waals surface area contributed by atoms with Crippen LogP contribution in [0.5, 0.6) is 0 Å². The standard InChI is InChI=1S/C60H117O9PS3/c1-4-7-10-13-16-19-22-25-28-31-34-37-40-43-46-49-52-71-58(64)55(61)67-70(68-56(62)59(65)72-53-50-47-44-41-38-35-32-29-26-23-20-17-14-11-8-5-2)69-57(63)60(66)73-54-51-48-45-42-39-36-33-30-27-24-21-18-15-12-9-6-3/h58-60,64-66H,4-54H2,1-3H3. The number of carbonyl (C=O) groups excluding carboxylic acids is 3. The third kappa shape index (κ3) is 53.6. The fraction of sp³-hybridized carbons (Fsp3) is 0.950. The summed E-state index contributed by atoms with van der Waals surface area (Å²) in [6.45, 7) is 6.79. The zero-order valence-corrected chi connectivity index (χ0v) is 51.1. The molecule has 73 heavy (non-hydrogen) atoms. The molecule has 0 radical (unpaired) electrons. The normalized spacial score (nSPS) is 13.2. The Bertz CT molecular complexity index is 1040.